The Morgan fingerprint density at radius 3 is 2.64 bits per heavy atom. The average Bonchev–Trinajstić information content (AvgIpc) is 3.47. The van der Waals surface area contributed by atoms with E-state index < -0.39 is 0 Å². The number of rotatable bonds is 4. The van der Waals surface area contributed by atoms with E-state index in [9.17, 15) is 0 Å². The van der Waals surface area contributed by atoms with Crippen LogP contribution in [-0.2, 0) is 18.3 Å². The fourth-order valence-corrected chi connectivity index (χ4v) is 6.19. The molecule has 7 nitrogen and oxygen atoms in total. The summed E-state index contributed by atoms with van der Waals surface area (Å²) in [6.45, 7) is 3.47. The largest absolute Gasteiger partial charge is 0.377 e. The van der Waals surface area contributed by atoms with Crippen LogP contribution < -0.4 is 10.6 Å². The number of ether oxygens (including phenoxy) is 1. The molecule has 4 aliphatic rings. The van der Waals surface area contributed by atoms with Crippen LogP contribution in [0.25, 0.3) is 0 Å². The maximum atomic E-state index is 6.16. The molecule has 1 aromatic rings. The fraction of sp³-hybridized carbons (Fsp3) is 0.857. The summed E-state index contributed by atoms with van der Waals surface area (Å²) in [5.74, 6) is 3.45. The minimum absolute atomic E-state index is 0.334. The zero-order valence-corrected chi connectivity index (χ0v) is 17.3. The van der Waals surface area contributed by atoms with Crippen LogP contribution in [0.1, 0.15) is 69.4 Å². The number of aliphatic imine (C=N–C) groups is 1. The van der Waals surface area contributed by atoms with Gasteiger partial charge in [-0.25, -0.2) is 4.99 Å². The maximum absolute atomic E-state index is 6.16. The van der Waals surface area contributed by atoms with Gasteiger partial charge in [0.2, 0.25) is 0 Å². The topological polar surface area (TPSA) is 76.4 Å². The van der Waals surface area contributed by atoms with Gasteiger partial charge >= 0.3 is 0 Å². The number of hydrogen-bond donors (Lipinski definition) is 2. The lowest BCUT2D eigenvalue weighted by atomic mass is 9.54. The molecule has 0 amide bonds. The lowest BCUT2D eigenvalue weighted by molar-refractivity contribution is -0.125. The van der Waals surface area contributed by atoms with Crippen molar-refractivity contribution in [2.24, 2.45) is 23.4 Å². The molecule has 4 fully saturated rings. The van der Waals surface area contributed by atoms with E-state index in [-0.39, 0.29) is 0 Å². The summed E-state index contributed by atoms with van der Waals surface area (Å²) >= 11 is 0. The molecular weight excluding hydrogens is 352 g/mol. The van der Waals surface area contributed by atoms with Gasteiger partial charge < -0.3 is 19.9 Å². The molecule has 28 heavy (non-hydrogen) atoms. The Balaban J connectivity index is 1.35. The summed E-state index contributed by atoms with van der Waals surface area (Å²) in [6, 6.07) is 1.04. The summed E-state index contributed by atoms with van der Waals surface area (Å²) in [7, 11) is 2.01. The Labute approximate surface area is 167 Å². The molecule has 2 N–H and O–H groups in total. The zero-order chi connectivity index (χ0) is 19.1. The molecule has 3 atom stereocenters. The second-order valence-corrected chi connectivity index (χ2v) is 9.32. The van der Waals surface area contributed by atoms with Gasteiger partial charge in [-0.1, -0.05) is 25.7 Å². The Hall–Kier alpha value is -1.63. The summed E-state index contributed by atoms with van der Waals surface area (Å²) in [4.78, 5) is 4.95. The molecule has 154 valence electrons. The molecule has 1 aliphatic heterocycles. The number of guanidine groups is 1. The van der Waals surface area contributed by atoms with E-state index >= 15 is 0 Å². The van der Waals surface area contributed by atoms with E-state index in [2.05, 4.69) is 20.8 Å². The van der Waals surface area contributed by atoms with Crippen molar-refractivity contribution in [3.8, 4) is 0 Å². The van der Waals surface area contributed by atoms with Gasteiger partial charge in [-0.05, 0) is 39.0 Å². The summed E-state index contributed by atoms with van der Waals surface area (Å²) in [5.41, 5.74) is 0.334. The van der Waals surface area contributed by atoms with Crippen molar-refractivity contribution in [3.63, 3.8) is 0 Å². The average molecular weight is 387 g/mol. The number of fused-ring (bicyclic) bond motifs is 2. The molecule has 3 unspecified atom stereocenters. The number of nitrogens with one attached hydrogen (secondary N) is 2. The van der Waals surface area contributed by atoms with Crippen LogP contribution in [0, 0.1) is 18.3 Å². The SMILES string of the molecule is Cc1nnc(CN=C(NC2CCCC2)NC2C3CCOC3C23CCCC3)n1C. The van der Waals surface area contributed by atoms with Crippen LogP contribution >= 0.6 is 0 Å². The van der Waals surface area contributed by atoms with E-state index in [0.29, 0.717) is 36.1 Å². The Morgan fingerprint density at radius 1 is 1.14 bits per heavy atom. The highest BCUT2D eigenvalue weighted by Gasteiger charge is 2.65. The zero-order valence-electron chi connectivity index (χ0n) is 17.3. The normalized spacial score (nSPS) is 31.9. The molecule has 1 aromatic heterocycles. The van der Waals surface area contributed by atoms with Gasteiger partial charge in [-0.15, -0.1) is 10.2 Å². The maximum Gasteiger partial charge on any atom is 0.192 e. The molecule has 0 aromatic carbocycles. The summed E-state index contributed by atoms with van der Waals surface area (Å²) in [6.07, 6.45) is 12.1. The molecular formula is C21H34N6O. The number of aryl methyl sites for hydroxylation is 1. The molecule has 1 spiro atoms. The monoisotopic (exact) mass is 386 g/mol. The first-order valence-electron chi connectivity index (χ1n) is 11.2. The Bertz CT molecular complexity index is 731. The third-order valence-electron chi connectivity index (χ3n) is 7.84. The molecule has 0 bridgehead atoms. The number of nitrogens with zero attached hydrogens (tertiary/aromatic N) is 4. The van der Waals surface area contributed by atoms with E-state index in [0.717, 1.165) is 24.2 Å². The quantitative estimate of drug-likeness (QED) is 0.614. The van der Waals surface area contributed by atoms with Crippen molar-refractivity contribution in [2.45, 2.75) is 89.4 Å². The number of hydrogen-bond acceptors (Lipinski definition) is 4. The van der Waals surface area contributed by atoms with Crippen LogP contribution in [0.15, 0.2) is 4.99 Å². The molecule has 7 heteroatoms. The van der Waals surface area contributed by atoms with Gasteiger partial charge in [-0.2, -0.15) is 0 Å². The van der Waals surface area contributed by atoms with Gasteiger partial charge in [0.1, 0.15) is 12.4 Å². The van der Waals surface area contributed by atoms with Crippen molar-refractivity contribution < 1.29 is 4.74 Å². The van der Waals surface area contributed by atoms with E-state index in [1.807, 2.05) is 18.5 Å². The Morgan fingerprint density at radius 2 is 1.93 bits per heavy atom. The van der Waals surface area contributed by atoms with Gasteiger partial charge in [-0.3, -0.25) is 0 Å². The lowest BCUT2D eigenvalue weighted by Crippen LogP contribution is -2.69. The predicted octanol–water partition coefficient (Wildman–Crippen LogP) is 2.45. The standard InChI is InChI=1S/C21H34N6O/c1-14-25-26-17(27(14)2)13-22-20(23-15-7-3-4-8-15)24-18-16-9-12-28-19(16)21(18)10-5-6-11-21/h15-16,18-19H,3-13H2,1-2H3,(H2,22,23,24). The first-order chi connectivity index (χ1) is 13.7. The smallest absolute Gasteiger partial charge is 0.192 e. The van der Waals surface area contributed by atoms with Crippen molar-refractivity contribution in [2.75, 3.05) is 6.61 Å². The van der Waals surface area contributed by atoms with Crippen LogP contribution in [-0.4, -0.2) is 45.5 Å². The molecule has 1 saturated heterocycles. The van der Waals surface area contributed by atoms with Crippen LogP contribution in [0.3, 0.4) is 0 Å². The third kappa shape index (κ3) is 3.02. The highest BCUT2D eigenvalue weighted by Crippen LogP contribution is 2.60. The minimum atomic E-state index is 0.334. The van der Waals surface area contributed by atoms with Crippen LogP contribution in [0.5, 0.6) is 0 Å². The highest BCUT2D eigenvalue weighted by molar-refractivity contribution is 5.80. The Kier molecular flexibility index (Phi) is 4.81. The molecule has 0 radical (unpaired) electrons. The van der Waals surface area contributed by atoms with Crippen molar-refractivity contribution in [1.82, 2.24) is 25.4 Å². The lowest BCUT2D eigenvalue weighted by Gasteiger charge is -2.57. The van der Waals surface area contributed by atoms with Crippen molar-refractivity contribution in [3.05, 3.63) is 11.6 Å². The van der Waals surface area contributed by atoms with E-state index in [4.69, 9.17) is 9.73 Å². The van der Waals surface area contributed by atoms with Crippen LogP contribution in [0.4, 0.5) is 0 Å². The number of aromatic nitrogens is 3. The summed E-state index contributed by atoms with van der Waals surface area (Å²) in [5, 5.41) is 16.1. The van der Waals surface area contributed by atoms with E-state index in [1.54, 1.807) is 0 Å². The minimum Gasteiger partial charge on any atom is -0.377 e. The van der Waals surface area contributed by atoms with Crippen molar-refractivity contribution in [1.29, 1.82) is 0 Å². The highest BCUT2D eigenvalue weighted by atomic mass is 16.5. The first-order valence-corrected chi connectivity index (χ1v) is 11.2. The second kappa shape index (κ2) is 7.32. The van der Waals surface area contributed by atoms with E-state index in [1.165, 1.54) is 57.8 Å². The summed E-state index contributed by atoms with van der Waals surface area (Å²) < 4.78 is 8.19. The van der Waals surface area contributed by atoms with Crippen LogP contribution in [0.2, 0.25) is 0 Å². The van der Waals surface area contributed by atoms with Gasteiger partial charge in [0.05, 0.1) is 6.10 Å². The first kappa shape index (κ1) is 18.4. The molecule has 5 rings (SSSR count). The second-order valence-electron chi connectivity index (χ2n) is 9.32. The van der Waals surface area contributed by atoms with Gasteiger partial charge in [0.25, 0.3) is 0 Å². The molecule has 3 aliphatic carbocycles. The predicted molar refractivity (Wildman–Crippen MR) is 108 cm³/mol. The van der Waals surface area contributed by atoms with Gasteiger partial charge in [0, 0.05) is 37.1 Å². The molecule has 2 heterocycles. The van der Waals surface area contributed by atoms with Crippen molar-refractivity contribution >= 4 is 5.96 Å². The van der Waals surface area contributed by atoms with Gasteiger partial charge in [0.15, 0.2) is 11.8 Å². The third-order valence-corrected chi connectivity index (χ3v) is 7.84. The fourth-order valence-electron chi connectivity index (χ4n) is 6.19. The molecule has 3 saturated carbocycles.